The van der Waals surface area contributed by atoms with E-state index in [2.05, 4.69) is 20.7 Å². The van der Waals surface area contributed by atoms with Crippen LogP contribution in [0.5, 0.6) is 11.5 Å². The summed E-state index contributed by atoms with van der Waals surface area (Å²) in [7, 11) is 1.40. The Morgan fingerprint density at radius 2 is 2.12 bits per heavy atom. The van der Waals surface area contributed by atoms with Crippen LogP contribution in [0.15, 0.2) is 16.6 Å². The highest BCUT2D eigenvalue weighted by Gasteiger charge is 2.59. The number of hydrogen-bond acceptors (Lipinski definition) is 3. The van der Waals surface area contributed by atoms with Gasteiger partial charge in [0.15, 0.2) is 0 Å². The second-order valence-electron chi connectivity index (χ2n) is 3.66. The number of halogens is 4. The molecule has 0 radical (unpaired) electrons. The molecule has 1 aliphatic rings. The van der Waals surface area contributed by atoms with Gasteiger partial charge < -0.3 is 14.6 Å². The summed E-state index contributed by atoms with van der Waals surface area (Å²) < 4.78 is 47.7. The molecule has 0 aromatic heterocycles. The van der Waals surface area contributed by atoms with E-state index in [1.165, 1.54) is 19.2 Å². The van der Waals surface area contributed by atoms with E-state index in [1.54, 1.807) is 0 Å². The zero-order valence-electron chi connectivity index (χ0n) is 8.64. The first-order valence-electron chi connectivity index (χ1n) is 4.61. The predicted molar refractivity (Wildman–Crippen MR) is 56.0 cm³/mol. The van der Waals surface area contributed by atoms with Crippen molar-refractivity contribution in [2.75, 3.05) is 7.11 Å². The first kappa shape index (κ1) is 12.5. The SMILES string of the molecule is COc1cc2c(cc1Br)OC(O)(C(F)(F)F)C2. The number of benzene rings is 1. The lowest BCUT2D eigenvalue weighted by atomic mass is 10.1. The fourth-order valence-corrected chi connectivity index (χ4v) is 2.09. The number of aliphatic hydroxyl groups is 1. The quantitative estimate of drug-likeness (QED) is 0.866. The molecule has 0 fully saturated rings. The van der Waals surface area contributed by atoms with Crippen LogP contribution < -0.4 is 9.47 Å². The van der Waals surface area contributed by atoms with E-state index >= 15 is 0 Å². The molecule has 1 aromatic rings. The van der Waals surface area contributed by atoms with Crippen LogP contribution in [0.1, 0.15) is 5.56 Å². The number of methoxy groups -OCH3 is 1. The summed E-state index contributed by atoms with van der Waals surface area (Å²) in [6.45, 7) is 0. The molecule has 1 atom stereocenters. The van der Waals surface area contributed by atoms with Gasteiger partial charge in [-0.25, -0.2) is 0 Å². The average molecular weight is 313 g/mol. The Labute approximate surface area is 103 Å². The lowest BCUT2D eigenvalue weighted by Crippen LogP contribution is -2.49. The highest BCUT2D eigenvalue weighted by Crippen LogP contribution is 2.45. The van der Waals surface area contributed by atoms with Gasteiger partial charge in [0.25, 0.3) is 0 Å². The fourth-order valence-electron chi connectivity index (χ4n) is 1.60. The molecule has 0 bridgehead atoms. The topological polar surface area (TPSA) is 38.7 Å². The zero-order valence-corrected chi connectivity index (χ0v) is 10.2. The molecular formula is C10H8BrF3O3. The molecule has 1 aromatic carbocycles. The molecule has 94 valence electrons. The smallest absolute Gasteiger partial charge is 0.455 e. The fraction of sp³-hybridized carbons (Fsp3) is 0.400. The van der Waals surface area contributed by atoms with Crippen molar-refractivity contribution >= 4 is 15.9 Å². The maximum absolute atomic E-state index is 12.6. The number of ether oxygens (including phenoxy) is 2. The lowest BCUT2D eigenvalue weighted by molar-refractivity contribution is -0.327. The third-order valence-corrected chi connectivity index (χ3v) is 3.11. The van der Waals surface area contributed by atoms with Crippen LogP contribution >= 0.6 is 15.9 Å². The van der Waals surface area contributed by atoms with Crippen molar-refractivity contribution in [3.05, 3.63) is 22.2 Å². The number of fused-ring (bicyclic) bond motifs is 1. The monoisotopic (exact) mass is 312 g/mol. The van der Waals surface area contributed by atoms with E-state index < -0.39 is 18.4 Å². The number of hydrogen-bond donors (Lipinski definition) is 1. The van der Waals surface area contributed by atoms with Gasteiger partial charge in [-0.05, 0) is 28.1 Å². The molecule has 1 heterocycles. The van der Waals surface area contributed by atoms with Gasteiger partial charge in [-0.15, -0.1) is 0 Å². The van der Waals surface area contributed by atoms with E-state index in [-0.39, 0.29) is 11.3 Å². The Kier molecular flexibility index (Phi) is 2.78. The van der Waals surface area contributed by atoms with Crippen LogP contribution in [0.25, 0.3) is 0 Å². The van der Waals surface area contributed by atoms with Crippen LogP contribution in [0.4, 0.5) is 13.2 Å². The largest absolute Gasteiger partial charge is 0.496 e. The third-order valence-electron chi connectivity index (χ3n) is 2.49. The molecule has 0 amide bonds. The van der Waals surface area contributed by atoms with Crippen molar-refractivity contribution < 1.29 is 27.8 Å². The number of rotatable bonds is 1. The van der Waals surface area contributed by atoms with Gasteiger partial charge in [0, 0.05) is 5.56 Å². The van der Waals surface area contributed by atoms with Gasteiger partial charge in [0.1, 0.15) is 11.5 Å². The second kappa shape index (κ2) is 3.78. The van der Waals surface area contributed by atoms with Crippen molar-refractivity contribution in [2.24, 2.45) is 0 Å². The van der Waals surface area contributed by atoms with Crippen molar-refractivity contribution in [1.82, 2.24) is 0 Å². The molecule has 2 rings (SSSR count). The Hall–Kier alpha value is -0.950. The summed E-state index contributed by atoms with van der Waals surface area (Å²) >= 11 is 3.13. The second-order valence-corrected chi connectivity index (χ2v) is 4.51. The van der Waals surface area contributed by atoms with Gasteiger partial charge in [0.05, 0.1) is 18.0 Å². The normalized spacial score (nSPS) is 23.2. The molecule has 0 saturated heterocycles. The molecule has 0 aliphatic carbocycles. The Morgan fingerprint density at radius 1 is 1.47 bits per heavy atom. The minimum absolute atomic E-state index is 0.00231. The van der Waals surface area contributed by atoms with E-state index in [0.29, 0.717) is 10.2 Å². The molecule has 3 nitrogen and oxygen atoms in total. The van der Waals surface area contributed by atoms with E-state index in [4.69, 9.17) is 4.74 Å². The van der Waals surface area contributed by atoms with E-state index in [0.717, 1.165) is 0 Å². The third kappa shape index (κ3) is 1.97. The Bertz CT molecular complexity index is 461. The molecule has 17 heavy (non-hydrogen) atoms. The van der Waals surface area contributed by atoms with Crippen LogP contribution in [0.3, 0.4) is 0 Å². The molecule has 0 spiro atoms. The van der Waals surface area contributed by atoms with Crippen molar-refractivity contribution in [1.29, 1.82) is 0 Å². The van der Waals surface area contributed by atoms with Crippen LogP contribution in [-0.2, 0) is 6.42 Å². The summed E-state index contributed by atoms with van der Waals surface area (Å²) in [5.41, 5.74) is 0.255. The highest BCUT2D eigenvalue weighted by atomic mass is 79.9. The standard InChI is InChI=1S/C10H8BrF3O3/c1-16-8-2-5-4-9(15,10(12,13)14)17-7(5)3-6(8)11/h2-3,15H,4H2,1H3. The highest BCUT2D eigenvalue weighted by molar-refractivity contribution is 9.10. The van der Waals surface area contributed by atoms with E-state index in [9.17, 15) is 18.3 Å². The summed E-state index contributed by atoms with van der Waals surface area (Å²) in [5, 5.41) is 9.40. The van der Waals surface area contributed by atoms with E-state index in [1.807, 2.05) is 0 Å². The van der Waals surface area contributed by atoms with Crippen molar-refractivity contribution in [2.45, 2.75) is 18.4 Å². The van der Waals surface area contributed by atoms with Crippen LogP contribution in [0.2, 0.25) is 0 Å². The summed E-state index contributed by atoms with van der Waals surface area (Å²) in [5.74, 6) is -2.77. The lowest BCUT2D eigenvalue weighted by Gasteiger charge is -2.24. The first-order valence-corrected chi connectivity index (χ1v) is 5.40. The van der Waals surface area contributed by atoms with Gasteiger partial charge in [-0.2, -0.15) is 13.2 Å². The minimum atomic E-state index is -4.84. The van der Waals surface area contributed by atoms with Gasteiger partial charge >= 0.3 is 12.0 Å². The molecule has 1 aliphatic heterocycles. The van der Waals surface area contributed by atoms with Crippen LogP contribution in [-0.4, -0.2) is 24.2 Å². The molecule has 0 saturated carbocycles. The average Bonchev–Trinajstić information content (AvgIpc) is 2.52. The maximum Gasteiger partial charge on any atom is 0.455 e. The summed E-state index contributed by atoms with van der Waals surface area (Å²) in [6, 6.07) is 2.75. The maximum atomic E-state index is 12.6. The molecule has 7 heteroatoms. The van der Waals surface area contributed by atoms with Crippen LogP contribution in [0, 0.1) is 0 Å². The molecular weight excluding hydrogens is 305 g/mol. The minimum Gasteiger partial charge on any atom is -0.496 e. The Balaban J connectivity index is 2.41. The van der Waals surface area contributed by atoms with Gasteiger partial charge in [-0.3, -0.25) is 0 Å². The zero-order chi connectivity index (χ0) is 12.8. The molecule has 1 N–H and O–H groups in total. The first-order chi connectivity index (χ1) is 7.77. The van der Waals surface area contributed by atoms with Crippen molar-refractivity contribution in [3.63, 3.8) is 0 Å². The van der Waals surface area contributed by atoms with Crippen molar-refractivity contribution in [3.8, 4) is 11.5 Å². The number of alkyl halides is 3. The van der Waals surface area contributed by atoms with Gasteiger partial charge in [-0.1, -0.05) is 0 Å². The summed E-state index contributed by atoms with van der Waals surface area (Å²) in [4.78, 5) is 0. The predicted octanol–water partition coefficient (Wildman–Crippen LogP) is 2.64. The summed E-state index contributed by atoms with van der Waals surface area (Å²) in [6.07, 6.45) is -5.48. The van der Waals surface area contributed by atoms with Gasteiger partial charge in [0.2, 0.25) is 0 Å². The Morgan fingerprint density at radius 3 is 2.65 bits per heavy atom. The molecule has 1 unspecified atom stereocenters.